The molecule has 50 heavy (non-hydrogen) atoms. The van der Waals surface area contributed by atoms with Crippen LogP contribution >= 0.6 is 0 Å². The molecule has 0 aliphatic rings. The van der Waals surface area contributed by atoms with Crippen LogP contribution in [0.25, 0.3) is 70.9 Å². The highest BCUT2D eigenvalue weighted by molar-refractivity contribution is 6.20. The molecule has 1 heterocycles. The quantitative estimate of drug-likeness (QED) is 0.131. The Morgan fingerprint density at radius 3 is 1.40 bits per heavy atom. The summed E-state index contributed by atoms with van der Waals surface area (Å²) in [6, 6.07) is 71.3. The van der Waals surface area contributed by atoms with Crippen LogP contribution in [0.1, 0.15) is 22.6 Å². The summed E-state index contributed by atoms with van der Waals surface area (Å²) in [5.74, 6) is 0.126. The highest BCUT2D eigenvalue weighted by Crippen LogP contribution is 2.44. The van der Waals surface area contributed by atoms with E-state index in [0.717, 1.165) is 0 Å². The van der Waals surface area contributed by atoms with E-state index in [2.05, 4.69) is 199 Å². The Kier molecular flexibility index (Phi) is 6.63. The molecule has 0 saturated carbocycles. The van der Waals surface area contributed by atoms with E-state index >= 15 is 0 Å². The van der Waals surface area contributed by atoms with Gasteiger partial charge >= 0.3 is 0 Å². The number of benzene rings is 9. The first kappa shape index (κ1) is 28.6. The maximum Gasteiger partial charge on any atom is 0.0619 e. The second kappa shape index (κ2) is 11.6. The van der Waals surface area contributed by atoms with Gasteiger partial charge in [0.2, 0.25) is 0 Å². The van der Waals surface area contributed by atoms with Crippen LogP contribution in [0.5, 0.6) is 0 Å². The SMILES string of the molecule is c1ccc(C(c2ccc(-c3c4ccccc4c(-n4c5ccccc5c5ccccc54)c4ccccc34)cc2)c2ccc3ccccc3c2)cc1. The Balaban J connectivity index is 1.19. The zero-order valence-corrected chi connectivity index (χ0v) is 27.5. The van der Waals surface area contributed by atoms with E-state index in [1.165, 1.54) is 87.6 Å². The molecule has 1 aromatic heterocycles. The van der Waals surface area contributed by atoms with Gasteiger partial charge in [0.05, 0.1) is 16.7 Å². The summed E-state index contributed by atoms with van der Waals surface area (Å²) >= 11 is 0. The Morgan fingerprint density at radius 2 is 0.780 bits per heavy atom. The minimum Gasteiger partial charge on any atom is -0.308 e. The third-order valence-corrected chi connectivity index (χ3v) is 10.5. The van der Waals surface area contributed by atoms with Crippen molar-refractivity contribution in [2.24, 2.45) is 0 Å². The maximum atomic E-state index is 2.48. The van der Waals surface area contributed by atoms with Gasteiger partial charge in [0.1, 0.15) is 0 Å². The molecule has 0 bridgehead atoms. The molecule has 0 aliphatic heterocycles. The third-order valence-electron chi connectivity index (χ3n) is 10.5. The van der Waals surface area contributed by atoms with Crippen LogP contribution in [0, 0.1) is 0 Å². The van der Waals surface area contributed by atoms with Gasteiger partial charge in [0, 0.05) is 27.5 Å². The molecule has 234 valence electrons. The van der Waals surface area contributed by atoms with Crippen LogP contribution in [-0.4, -0.2) is 4.57 Å². The Hall–Kier alpha value is -6.44. The first-order valence-electron chi connectivity index (χ1n) is 17.4. The number of nitrogens with zero attached hydrogens (tertiary/aromatic N) is 1. The molecule has 10 aromatic rings. The summed E-state index contributed by atoms with van der Waals surface area (Å²) in [7, 11) is 0. The van der Waals surface area contributed by atoms with Crippen LogP contribution < -0.4 is 0 Å². The monoisotopic (exact) mass is 635 g/mol. The van der Waals surface area contributed by atoms with Crippen molar-refractivity contribution in [2.75, 3.05) is 0 Å². The van der Waals surface area contributed by atoms with Gasteiger partial charge in [-0.2, -0.15) is 0 Å². The molecule has 1 heteroatoms. The number of rotatable bonds is 5. The fourth-order valence-corrected chi connectivity index (χ4v) is 8.27. The van der Waals surface area contributed by atoms with Gasteiger partial charge in [-0.05, 0) is 61.5 Å². The van der Waals surface area contributed by atoms with E-state index < -0.39 is 0 Å². The number of aromatic nitrogens is 1. The first-order valence-corrected chi connectivity index (χ1v) is 17.4. The molecule has 1 atom stereocenters. The molecular formula is C49H33N. The van der Waals surface area contributed by atoms with Gasteiger partial charge in [0.15, 0.2) is 0 Å². The van der Waals surface area contributed by atoms with E-state index in [1.807, 2.05) is 0 Å². The van der Waals surface area contributed by atoms with Crippen molar-refractivity contribution in [3.05, 3.63) is 211 Å². The fourth-order valence-electron chi connectivity index (χ4n) is 8.27. The lowest BCUT2D eigenvalue weighted by Gasteiger charge is -2.21. The highest BCUT2D eigenvalue weighted by atomic mass is 15.0. The van der Waals surface area contributed by atoms with Gasteiger partial charge in [0.25, 0.3) is 0 Å². The largest absolute Gasteiger partial charge is 0.308 e. The molecule has 1 nitrogen and oxygen atoms in total. The maximum absolute atomic E-state index is 2.48. The predicted molar refractivity (Wildman–Crippen MR) is 213 cm³/mol. The van der Waals surface area contributed by atoms with E-state index in [9.17, 15) is 0 Å². The standard InChI is InChI=1S/C49H33N/c1-2-15-34(16-3-1)47(38-31-26-33-14-4-5-17-37(33)32-38)35-27-29-36(30-28-35)48-41-20-6-8-22-43(41)49(44-23-9-7-21-42(44)48)50-45-24-12-10-18-39(45)40-19-11-13-25-46(40)50/h1-32,47H. The highest BCUT2D eigenvalue weighted by Gasteiger charge is 2.21. The summed E-state index contributed by atoms with van der Waals surface area (Å²) in [4.78, 5) is 0. The number of hydrogen-bond donors (Lipinski definition) is 0. The molecule has 1 unspecified atom stereocenters. The summed E-state index contributed by atoms with van der Waals surface area (Å²) in [6.45, 7) is 0. The van der Waals surface area contributed by atoms with E-state index in [-0.39, 0.29) is 5.92 Å². The number of para-hydroxylation sites is 2. The zero-order valence-electron chi connectivity index (χ0n) is 27.5. The van der Waals surface area contributed by atoms with Crippen molar-refractivity contribution < 1.29 is 0 Å². The average molecular weight is 636 g/mol. The minimum absolute atomic E-state index is 0.126. The molecule has 0 spiro atoms. The summed E-state index contributed by atoms with van der Waals surface area (Å²) in [5.41, 5.74) is 10.1. The topological polar surface area (TPSA) is 4.93 Å². The Bertz CT molecular complexity index is 2750. The molecule has 0 N–H and O–H groups in total. The average Bonchev–Trinajstić information content (AvgIpc) is 3.52. The lowest BCUT2D eigenvalue weighted by molar-refractivity contribution is 0.980. The Morgan fingerprint density at radius 1 is 0.320 bits per heavy atom. The lowest BCUT2D eigenvalue weighted by Crippen LogP contribution is -2.03. The molecule has 0 radical (unpaired) electrons. The van der Waals surface area contributed by atoms with E-state index in [4.69, 9.17) is 0 Å². The number of fused-ring (bicyclic) bond motifs is 6. The smallest absolute Gasteiger partial charge is 0.0619 e. The van der Waals surface area contributed by atoms with Crippen LogP contribution in [0.15, 0.2) is 194 Å². The van der Waals surface area contributed by atoms with Crippen molar-refractivity contribution in [1.29, 1.82) is 0 Å². The molecular weight excluding hydrogens is 603 g/mol. The molecule has 10 rings (SSSR count). The first-order chi connectivity index (χ1) is 24.8. The van der Waals surface area contributed by atoms with Crippen LogP contribution in [0.3, 0.4) is 0 Å². The zero-order chi connectivity index (χ0) is 33.0. The molecule has 0 fully saturated rings. The summed E-state index contributed by atoms with van der Waals surface area (Å²) in [6.07, 6.45) is 0. The van der Waals surface area contributed by atoms with Gasteiger partial charge in [-0.15, -0.1) is 0 Å². The van der Waals surface area contributed by atoms with Crippen LogP contribution in [0.4, 0.5) is 0 Å². The molecule has 9 aromatic carbocycles. The molecule has 0 aliphatic carbocycles. The minimum atomic E-state index is 0.126. The third kappa shape index (κ3) is 4.48. The van der Waals surface area contributed by atoms with Crippen molar-refractivity contribution in [3.8, 4) is 16.8 Å². The van der Waals surface area contributed by atoms with Crippen LogP contribution in [-0.2, 0) is 0 Å². The molecule has 0 amide bonds. The summed E-state index contributed by atoms with van der Waals surface area (Å²) in [5, 5.41) is 10.1. The number of hydrogen-bond acceptors (Lipinski definition) is 0. The van der Waals surface area contributed by atoms with Crippen molar-refractivity contribution in [1.82, 2.24) is 4.57 Å². The van der Waals surface area contributed by atoms with Crippen molar-refractivity contribution in [3.63, 3.8) is 0 Å². The van der Waals surface area contributed by atoms with Crippen LogP contribution in [0.2, 0.25) is 0 Å². The van der Waals surface area contributed by atoms with E-state index in [0.29, 0.717) is 0 Å². The van der Waals surface area contributed by atoms with Gasteiger partial charge in [-0.25, -0.2) is 0 Å². The normalized spacial score (nSPS) is 12.3. The van der Waals surface area contributed by atoms with Crippen molar-refractivity contribution >= 4 is 54.1 Å². The molecule has 0 saturated heterocycles. The predicted octanol–water partition coefficient (Wildman–Crippen LogP) is 13.1. The van der Waals surface area contributed by atoms with E-state index in [1.54, 1.807) is 0 Å². The second-order valence-electron chi connectivity index (χ2n) is 13.3. The Labute approximate surface area is 291 Å². The van der Waals surface area contributed by atoms with Gasteiger partial charge in [-0.1, -0.05) is 182 Å². The summed E-state index contributed by atoms with van der Waals surface area (Å²) < 4.78 is 2.48. The lowest BCUT2D eigenvalue weighted by atomic mass is 9.83. The second-order valence-corrected chi connectivity index (χ2v) is 13.3. The van der Waals surface area contributed by atoms with Gasteiger partial charge in [-0.3, -0.25) is 0 Å². The van der Waals surface area contributed by atoms with Gasteiger partial charge < -0.3 is 4.57 Å². The van der Waals surface area contributed by atoms with Crippen molar-refractivity contribution in [2.45, 2.75) is 5.92 Å². The fraction of sp³-hybridized carbons (Fsp3) is 0.0204.